The molecule has 0 spiro atoms. The first-order chi connectivity index (χ1) is 20.1. The number of para-hydroxylation sites is 2. The number of hydrogen-bond acceptors (Lipinski definition) is 7. The summed E-state index contributed by atoms with van der Waals surface area (Å²) in [4.78, 5) is 0.410. The Balaban J connectivity index is 0.000000168. The highest BCUT2D eigenvalue weighted by molar-refractivity contribution is 9.08. The Morgan fingerprint density at radius 3 is 1.40 bits per heavy atom. The summed E-state index contributed by atoms with van der Waals surface area (Å²) in [6.45, 7) is 3.50. The first-order valence-corrected chi connectivity index (χ1v) is 16.8. The molecule has 0 atom stereocenters. The summed E-state index contributed by atoms with van der Waals surface area (Å²) in [6.07, 6.45) is 0. The third-order valence-electron chi connectivity index (χ3n) is 6.63. The lowest BCUT2D eigenvalue weighted by atomic mass is 10.2. The summed E-state index contributed by atoms with van der Waals surface area (Å²) in [5.74, 6) is 0. The van der Waals surface area contributed by atoms with Crippen LogP contribution in [0.4, 0.5) is 0 Å². The SMILES string of the molecule is Cc1ccc(S(=O)(=O)n2nc(CBr)c3ccccc32)cc1.Cc1ccc(S(=O)(=O)n2nc(CO)c3ccccc32)cc1. The predicted octanol–water partition coefficient (Wildman–Crippen LogP) is 5.55. The molecule has 4 aromatic carbocycles. The van der Waals surface area contributed by atoms with Gasteiger partial charge in [0.05, 0.1) is 38.8 Å². The van der Waals surface area contributed by atoms with E-state index >= 15 is 0 Å². The second-order valence-electron chi connectivity index (χ2n) is 9.54. The zero-order chi connectivity index (χ0) is 30.1. The second kappa shape index (κ2) is 11.8. The standard InChI is InChI=1S/C15H13BrN2O2S.C15H14N2O3S/c1-11-6-8-12(9-7-11)21(19,20)18-15-5-3-2-4-13(15)14(10-16)17-18;1-11-6-8-12(9-7-11)21(19,20)17-15-5-3-2-4-13(15)14(10-18)16-17/h2-9H,10H2,1H3;2-9,18H,10H2,1H3. The topological polar surface area (TPSA) is 124 Å². The first-order valence-electron chi connectivity index (χ1n) is 12.8. The van der Waals surface area contributed by atoms with Crippen molar-refractivity contribution in [2.45, 2.75) is 35.6 Å². The molecule has 0 unspecified atom stereocenters. The van der Waals surface area contributed by atoms with Crippen molar-refractivity contribution in [3.8, 4) is 0 Å². The van der Waals surface area contributed by atoms with Gasteiger partial charge in [-0.25, -0.2) is 0 Å². The molecule has 42 heavy (non-hydrogen) atoms. The third kappa shape index (κ3) is 5.50. The van der Waals surface area contributed by atoms with E-state index in [0.29, 0.717) is 33.1 Å². The molecule has 1 N–H and O–H groups in total. The molecule has 216 valence electrons. The number of hydrogen-bond donors (Lipinski definition) is 1. The summed E-state index contributed by atoms with van der Waals surface area (Å²) < 4.78 is 53.1. The summed E-state index contributed by atoms with van der Waals surface area (Å²) >= 11 is 3.35. The zero-order valence-electron chi connectivity index (χ0n) is 22.7. The Labute approximate surface area is 252 Å². The van der Waals surface area contributed by atoms with Gasteiger partial charge in [-0.15, -0.1) is 0 Å². The number of rotatable bonds is 6. The van der Waals surface area contributed by atoms with Gasteiger partial charge in [-0.3, -0.25) is 0 Å². The Bertz CT molecular complexity index is 1950. The fourth-order valence-electron chi connectivity index (χ4n) is 4.41. The number of halogens is 1. The molecular weight excluding hydrogens is 640 g/mol. The van der Waals surface area contributed by atoms with Crippen molar-refractivity contribution in [2.24, 2.45) is 0 Å². The van der Waals surface area contributed by atoms with Gasteiger partial charge in [-0.2, -0.15) is 35.2 Å². The maximum Gasteiger partial charge on any atom is 0.283 e. The normalized spacial score (nSPS) is 11.9. The molecule has 0 aliphatic heterocycles. The van der Waals surface area contributed by atoms with Gasteiger partial charge in [0.25, 0.3) is 20.0 Å². The third-order valence-corrected chi connectivity index (χ3v) is 10.4. The average Bonchev–Trinajstić information content (AvgIpc) is 3.58. The number of aliphatic hydroxyl groups excluding tert-OH is 1. The number of benzene rings is 4. The second-order valence-corrected chi connectivity index (χ2v) is 13.6. The Morgan fingerprint density at radius 2 is 1.00 bits per heavy atom. The molecule has 0 fully saturated rings. The fourth-order valence-corrected chi connectivity index (χ4v) is 7.43. The minimum Gasteiger partial charge on any atom is -0.390 e. The number of aliphatic hydroxyl groups is 1. The van der Waals surface area contributed by atoms with Gasteiger partial charge in [0.2, 0.25) is 0 Å². The average molecular weight is 668 g/mol. The van der Waals surface area contributed by atoms with E-state index in [0.717, 1.165) is 24.7 Å². The molecule has 0 bridgehead atoms. The highest BCUT2D eigenvalue weighted by Gasteiger charge is 2.23. The molecule has 2 heterocycles. The molecule has 12 heteroatoms. The number of fused-ring (bicyclic) bond motifs is 2. The Hall–Kier alpha value is -3.84. The molecule has 0 aliphatic rings. The van der Waals surface area contributed by atoms with Crippen molar-refractivity contribution in [3.05, 3.63) is 120 Å². The lowest BCUT2D eigenvalue weighted by molar-refractivity contribution is 0.277. The van der Waals surface area contributed by atoms with Crippen LogP contribution in [0, 0.1) is 13.8 Å². The Morgan fingerprint density at radius 1 is 0.619 bits per heavy atom. The van der Waals surface area contributed by atoms with E-state index in [1.165, 1.54) is 0 Å². The van der Waals surface area contributed by atoms with Crippen LogP contribution < -0.4 is 0 Å². The minimum absolute atomic E-state index is 0.172. The maximum absolute atomic E-state index is 12.8. The highest BCUT2D eigenvalue weighted by Crippen LogP contribution is 2.25. The number of alkyl halides is 1. The smallest absolute Gasteiger partial charge is 0.283 e. The number of aromatic nitrogens is 4. The largest absolute Gasteiger partial charge is 0.390 e. The molecule has 0 radical (unpaired) electrons. The predicted molar refractivity (Wildman–Crippen MR) is 166 cm³/mol. The lowest BCUT2D eigenvalue weighted by Crippen LogP contribution is -2.14. The van der Waals surface area contributed by atoms with Crippen molar-refractivity contribution >= 4 is 57.8 Å². The highest BCUT2D eigenvalue weighted by atomic mass is 79.9. The van der Waals surface area contributed by atoms with Crippen LogP contribution in [0.2, 0.25) is 0 Å². The van der Waals surface area contributed by atoms with E-state index in [1.807, 2.05) is 32.0 Å². The van der Waals surface area contributed by atoms with Crippen molar-refractivity contribution in [1.82, 2.24) is 18.4 Å². The van der Waals surface area contributed by atoms with Gasteiger partial charge in [-0.1, -0.05) is 87.7 Å². The van der Waals surface area contributed by atoms with E-state index < -0.39 is 20.0 Å². The number of nitrogens with zero attached hydrogens (tertiary/aromatic N) is 4. The molecule has 0 aliphatic carbocycles. The van der Waals surface area contributed by atoms with E-state index in [-0.39, 0.29) is 16.4 Å². The van der Waals surface area contributed by atoms with E-state index in [2.05, 4.69) is 26.1 Å². The van der Waals surface area contributed by atoms with Crippen molar-refractivity contribution in [3.63, 3.8) is 0 Å². The van der Waals surface area contributed by atoms with Crippen LogP contribution in [-0.4, -0.2) is 40.3 Å². The first kappa shape index (κ1) is 29.6. The summed E-state index contributed by atoms with van der Waals surface area (Å²) in [7, 11) is -7.46. The fraction of sp³-hybridized carbons (Fsp3) is 0.133. The molecule has 0 saturated heterocycles. The molecule has 2 aromatic heterocycles. The lowest BCUT2D eigenvalue weighted by Gasteiger charge is -2.06. The van der Waals surface area contributed by atoms with Crippen molar-refractivity contribution in [2.75, 3.05) is 0 Å². The minimum atomic E-state index is -3.78. The van der Waals surface area contributed by atoms with E-state index in [1.54, 1.807) is 78.9 Å². The van der Waals surface area contributed by atoms with E-state index in [9.17, 15) is 21.9 Å². The van der Waals surface area contributed by atoms with Crippen LogP contribution in [0.3, 0.4) is 0 Å². The van der Waals surface area contributed by atoms with Gasteiger partial charge in [0, 0.05) is 16.1 Å². The molecule has 0 amide bonds. The molecule has 9 nitrogen and oxygen atoms in total. The van der Waals surface area contributed by atoms with Crippen LogP contribution >= 0.6 is 15.9 Å². The molecule has 0 saturated carbocycles. The molecule has 6 rings (SSSR count). The van der Waals surface area contributed by atoms with Crippen molar-refractivity contribution < 1.29 is 21.9 Å². The van der Waals surface area contributed by atoms with Gasteiger partial charge >= 0.3 is 0 Å². The van der Waals surface area contributed by atoms with Gasteiger partial charge in [-0.05, 0) is 50.2 Å². The summed E-state index contributed by atoms with van der Waals surface area (Å²) in [5, 5.41) is 19.6. The quantitative estimate of drug-likeness (QED) is 0.231. The van der Waals surface area contributed by atoms with Crippen LogP contribution in [0.1, 0.15) is 22.5 Å². The zero-order valence-corrected chi connectivity index (χ0v) is 25.9. The van der Waals surface area contributed by atoms with Gasteiger partial charge in [0.15, 0.2) is 0 Å². The molecule has 6 aromatic rings. The van der Waals surface area contributed by atoms with Gasteiger partial charge in [0.1, 0.15) is 0 Å². The Kier molecular flexibility index (Phi) is 8.33. The number of aryl methyl sites for hydroxylation is 2. The van der Waals surface area contributed by atoms with Crippen LogP contribution in [0.25, 0.3) is 21.8 Å². The van der Waals surface area contributed by atoms with Crippen molar-refractivity contribution in [1.29, 1.82) is 0 Å². The van der Waals surface area contributed by atoms with Crippen LogP contribution in [0.5, 0.6) is 0 Å². The maximum atomic E-state index is 12.8. The van der Waals surface area contributed by atoms with E-state index in [4.69, 9.17) is 0 Å². The van der Waals surface area contributed by atoms with Crippen LogP contribution in [-0.2, 0) is 32.0 Å². The monoisotopic (exact) mass is 666 g/mol. The molecular formula is C30H27BrN4O5S2. The summed E-state index contributed by atoms with van der Waals surface area (Å²) in [5.41, 5.74) is 4.10. The van der Waals surface area contributed by atoms with Crippen LogP contribution in [0.15, 0.2) is 107 Å². The van der Waals surface area contributed by atoms with Gasteiger partial charge < -0.3 is 5.11 Å². The summed E-state index contributed by atoms with van der Waals surface area (Å²) in [6, 6.07) is 27.6.